The molecule has 2 heterocycles. The van der Waals surface area contributed by atoms with Crippen molar-refractivity contribution in [3.05, 3.63) is 174 Å². The van der Waals surface area contributed by atoms with Gasteiger partial charge in [0.2, 0.25) is 0 Å². The Balaban J connectivity index is 0.981. The number of para-hydroxylation sites is 2. The fraction of sp³-hybridized carbons (Fsp3) is 0.250. The second-order valence-corrected chi connectivity index (χ2v) is 19.6. The minimum absolute atomic E-state index is 0.124. The molecular weight excluding hydrogens is 711 g/mol. The first-order valence-electron chi connectivity index (χ1n) is 22.6. The van der Waals surface area contributed by atoms with Crippen LogP contribution in [0.5, 0.6) is 0 Å². The maximum Gasteiger partial charge on any atom is 0.252 e. The van der Waals surface area contributed by atoms with Crippen LogP contribution in [0.3, 0.4) is 0 Å². The molecule has 0 radical (unpaired) electrons. The van der Waals surface area contributed by atoms with E-state index in [9.17, 15) is 0 Å². The Hall–Kier alpha value is -5.80. The molecule has 4 saturated carbocycles. The van der Waals surface area contributed by atoms with E-state index >= 15 is 0 Å². The van der Waals surface area contributed by atoms with E-state index in [0.29, 0.717) is 0 Å². The van der Waals surface area contributed by atoms with Crippen LogP contribution in [-0.2, 0) is 10.8 Å². The van der Waals surface area contributed by atoms with Gasteiger partial charge in [0.15, 0.2) is 0 Å². The molecule has 6 aliphatic carbocycles. The number of hydrogen-bond donors (Lipinski definition) is 0. The molecule has 0 saturated heterocycles. The van der Waals surface area contributed by atoms with Crippen molar-refractivity contribution in [3.63, 3.8) is 0 Å². The first-order chi connectivity index (χ1) is 29.2. The van der Waals surface area contributed by atoms with Crippen LogP contribution in [0.1, 0.15) is 73.6 Å². The fourth-order valence-electron chi connectivity index (χ4n) is 15.4. The van der Waals surface area contributed by atoms with Crippen LogP contribution in [0.4, 0.5) is 34.1 Å². The van der Waals surface area contributed by atoms with Gasteiger partial charge in [0, 0.05) is 45.0 Å². The summed E-state index contributed by atoms with van der Waals surface area (Å²) < 4.78 is 0. The van der Waals surface area contributed by atoms with Gasteiger partial charge in [-0.05, 0) is 172 Å². The van der Waals surface area contributed by atoms with Crippen molar-refractivity contribution in [1.29, 1.82) is 0 Å². The van der Waals surface area contributed by atoms with Gasteiger partial charge in [-0.3, -0.25) is 0 Å². The summed E-state index contributed by atoms with van der Waals surface area (Å²) in [5, 5.41) is 0. The van der Waals surface area contributed by atoms with E-state index < -0.39 is 0 Å². The molecule has 2 nitrogen and oxygen atoms in total. The number of hydrogen-bond acceptors (Lipinski definition) is 2. The van der Waals surface area contributed by atoms with Gasteiger partial charge < -0.3 is 9.80 Å². The van der Waals surface area contributed by atoms with Gasteiger partial charge in [-0.25, -0.2) is 0 Å². The zero-order chi connectivity index (χ0) is 38.2. The Morgan fingerprint density at radius 3 is 1.66 bits per heavy atom. The normalized spacial score (nSPS) is 27.5. The molecule has 3 heteroatoms. The summed E-state index contributed by atoms with van der Waals surface area (Å²) in [5.74, 6) is 3.14. The maximum atomic E-state index is 2.74. The quantitative estimate of drug-likeness (QED) is 0.162. The van der Waals surface area contributed by atoms with Crippen molar-refractivity contribution in [2.45, 2.75) is 62.2 Å². The van der Waals surface area contributed by atoms with E-state index in [1.807, 2.05) is 0 Å². The zero-order valence-corrected chi connectivity index (χ0v) is 33.4. The lowest BCUT2D eigenvalue weighted by Gasteiger charge is -2.45. The van der Waals surface area contributed by atoms with Gasteiger partial charge in [0.05, 0.1) is 0 Å². The summed E-state index contributed by atoms with van der Waals surface area (Å²) in [6, 6.07) is 59.6. The van der Waals surface area contributed by atoms with Gasteiger partial charge in [-0.15, -0.1) is 0 Å². The van der Waals surface area contributed by atoms with Crippen LogP contribution < -0.4 is 26.2 Å². The summed E-state index contributed by atoms with van der Waals surface area (Å²) in [6.07, 6.45) is 10.9. The van der Waals surface area contributed by atoms with E-state index in [-0.39, 0.29) is 17.5 Å². The maximum absolute atomic E-state index is 2.74. The molecule has 15 rings (SSSR count). The van der Waals surface area contributed by atoms with Gasteiger partial charge in [0.1, 0.15) is 0 Å². The molecule has 4 bridgehead atoms. The molecule has 6 atom stereocenters. The summed E-state index contributed by atoms with van der Waals surface area (Å²) in [6.45, 7) is 0.129. The highest BCUT2D eigenvalue weighted by Gasteiger charge is 2.59. The van der Waals surface area contributed by atoms with Crippen molar-refractivity contribution < 1.29 is 0 Å². The lowest BCUT2D eigenvalue weighted by atomic mass is 9.33. The molecule has 2 spiro atoms. The van der Waals surface area contributed by atoms with Crippen molar-refractivity contribution in [3.8, 4) is 22.3 Å². The summed E-state index contributed by atoms with van der Waals surface area (Å²) >= 11 is 0. The van der Waals surface area contributed by atoms with Crippen molar-refractivity contribution in [1.82, 2.24) is 0 Å². The monoisotopic (exact) mass is 756 g/mol. The van der Waals surface area contributed by atoms with Gasteiger partial charge >= 0.3 is 0 Å². The SMILES string of the molecule is c1ccc(N2c3cc4c(cc3B3c5ccccc5N(c5ccc6c(c5)[C@@]5(C[C@H]7CC[C@@H]5C7)c5ccccc5-6)c5cccc2c53)[C@]2(C[C@H]3CC[C@@H]2C3)c2ccccc2-4)cc1. The second kappa shape index (κ2) is 11.1. The van der Waals surface area contributed by atoms with Crippen LogP contribution >= 0.6 is 0 Å². The topological polar surface area (TPSA) is 6.48 Å². The van der Waals surface area contributed by atoms with Crippen molar-refractivity contribution in [2.24, 2.45) is 23.7 Å². The van der Waals surface area contributed by atoms with Gasteiger partial charge in [0.25, 0.3) is 6.71 Å². The predicted octanol–water partition coefficient (Wildman–Crippen LogP) is 11.9. The molecule has 282 valence electrons. The Morgan fingerprint density at radius 1 is 0.407 bits per heavy atom. The first-order valence-corrected chi connectivity index (χ1v) is 22.6. The summed E-state index contributed by atoms with van der Waals surface area (Å²) in [7, 11) is 0. The summed E-state index contributed by atoms with van der Waals surface area (Å²) in [5.41, 5.74) is 24.6. The van der Waals surface area contributed by atoms with Crippen LogP contribution in [0, 0.1) is 23.7 Å². The average molecular weight is 757 g/mol. The van der Waals surface area contributed by atoms with Crippen molar-refractivity contribution >= 4 is 57.2 Å². The average Bonchev–Trinajstić information content (AvgIpc) is 4.17. The molecule has 0 amide bonds. The molecule has 0 aromatic heterocycles. The highest BCUT2D eigenvalue weighted by molar-refractivity contribution is 7.00. The molecular formula is C56H45BN2. The Morgan fingerprint density at radius 2 is 0.983 bits per heavy atom. The van der Waals surface area contributed by atoms with Gasteiger partial charge in [-0.2, -0.15) is 0 Å². The number of fused-ring (bicyclic) bond motifs is 20. The molecule has 2 aliphatic heterocycles. The molecule has 8 aliphatic rings. The number of nitrogens with zero attached hydrogens (tertiary/aromatic N) is 2. The third-order valence-electron chi connectivity index (χ3n) is 17.4. The Kier molecular flexibility index (Phi) is 6.02. The van der Waals surface area contributed by atoms with E-state index in [1.54, 1.807) is 22.3 Å². The van der Waals surface area contributed by atoms with Crippen LogP contribution in [0.2, 0.25) is 0 Å². The largest absolute Gasteiger partial charge is 0.311 e. The molecule has 4 fully saturated rings. The van der Waals surface area contributed by atoms with E-state index in [0.717, 1.165) is 23.7 Å². The molecule has 7 aromatic rings. The number of benzene rings is 7. The Bertz CT molecular complexity index is 2990. The molecule has 59 heavy (non-hydrogen) atoms. The molecule has 7 aromatic carbocycles. The third kappa shape index (κ3) is 3.80. The highest BCUT2D eigenvalue weighted by atomic mass is 15.2. The first kappa shape index (κ1) is 32.1. The van der Waals surface area contributed by atoms with Crippen LogP contribution in [0.15, 0.2) is 152 Å². The predicted molar refractivity (Wildman–Crippen MR) is 244 cm³/mol. The minimum atomic E-state index is 0.124. The lowest BCUT2D eigenvalue weighted by Crippen LogP contribution is -2.61. The number of anilines is 6. The highest BCUT2D eigenvalue weighted by Crippen LogP contribution is 2.67. The zero-order valence-electron chi connectivity index (χ0n) is 33.4. The van der Waals surface area contributed by atoms with Crippen LogP contribution in [0.25, 0.3) is 22.3 Å². The molecule has 0 unspecified atom stereocenters. The summed E-state index contributed by atoms with van der Waals surface area (Å²) in [4.78, 5) is 5.25. The Labute approximate surface area is 347 Å². The number of rotatable bonds is 2. The van der Waals surface area contributed by atoms with Gasteiger partial charge in [-0.1, -0.05) is 116 Å². The lowest BCUT2D eigenvalue weighted by molar-refractivity contribution is 0.327. The fourth-order valence-corrected chi connectivity index (χ4v) is 15.4. The van der Waals surface area contributed by atoms with E-state index in [2.05, 4.69) is 161 Å². The third-order valence-corrected chi connectivity index (χ3v) is 17.4. The van der Waals surface area contributed by atoms with E-state index in [4.69, 9.17) is 0 Å². The van der Waals surface area contributed by atoms with Crippen LogP contribution in [-0.4, -0.2) is 6.71 Å². The van der Waals surface area contributed by atoms with E-state index in [1.165, 1.54) is 124 Å². The minimum Gasteiger partial charge on any atom is -0.311 e. The van der Waals surface area contributed by atoms with Crippen molar-refractivity contribution in [2.75, 3.05) is 9.80 Å². The standard InChI is InChI=1S/C56H45BN2/c1-2-11-38(12-3-1)58-51-19-10-20-52-54(51)57(49-31-47-43(30-53(49)58)41-14-5-7-16-45(41)56(47)33-35-22-24-37(56)28-35)48-17-8-9-18-50(48)59(52)39-25-26-42-40-13-4-6-15-44(40)55(46(42)29-39)32-34-21-23-36(55)27-34/h1-20,25-26,29-31,34-37H,21-24,27-28,32-33H2/t34-,35-,36+,37+,55+,56-/m0/s1. The molecule has 0 N–H and O–H groups in total. The smallest absolute Gasteiger partial charge is 0.252 e. The second-order valence-electron chi connectivity index (χ2n) is 19.6.